The number of aromatic nitrogens is 1. The van der Waals surface area contributed by atoms with Crippen molar-refractivity contribution in [2.24, 2.45) is 11.8 Å². The second-order valence-electron chi connectivity index (χ2n) is 21.9. The van der Waals surface area contributed by atoms with Gasteiger partial charge in [0.2, 0.25) is 41.4 Å². The Labute approximate surface area is 560 Å². The van der Waals surface area contributed by atoms with Crippen molar-refractivity contribution >= 4 is 104 Å². The SMILES string of the molecule is Cc1nc(C(=O)N[C@@H](Cc2ccc(O)cc2)C[C@H](C)C(=O)NNC(=O)OCCSSC[C@@H](NC(=O)[C@H](CCC(=O)NC[C@H](O)[C@@H](O)[C@H](O)[C@H](O)CO)NC(=O)[C@@H](CCC(=O)O)NC(=O)[C@H](CCC(=O)NC[C@H](O)[C@@H](O)[C@H](O)[C@H](O)CO)NC(=O)[C@H](C)CCC(=O)O)C(=O)O)cs1. The zero-order chi connectivity index (χ0) is 72.4. The molecule has 0 saturated carbocycles. The van der Waals surface area contributed by atoms with Gasteiger partial charge in [0.25, 0.3) is 5.91 Å². The number of aryl methyl sites for hydroxylation is 1. The average molecular weight is 1430 g/mol. The van der Waals surface area contributed by atoms with Gasteiger partial charge in [-0.2, -0.15) is 0 Å². The maximum atomic E-state index is 14.2. The van der Waals surface area contributed by atoms with Crippen molar-refractivity contribution < 1.29 is 134 Å². The largest absolute Gasteiger partial charge is 0.508 e. The Hall–Kier alpha value is -7.61. The van der Waals surface area contributed by atoms with Crippen molar-refractivity contribution in [1.82, 2.24) is 53.1 Å². The van der Waals surface area contributed by atoms with Crippen LogP contribution in [0, 0.1) is 18.8 Å². The lowest BCUT2D eigenvalue weighted by molar-refractivity contribution is -0.142. The summed E-state index contributed by atoms with van der Waals surface area (Å²) in [6.07, 6.45) is -22.0. The predicted molar refractivity (Wildman–Crippen MR) is 336 cm³/mol. The zero-order valence-corrected chi connectivity index (χ0v) is 54.8. The number of aliphatic hydroxyl groups is 10. The molecule has 1 aromatic carbocycles. The van der Waals surface area contributed by atoms with Crippen LogP contribution >= 0.6 is 32.9 Å². The topological polar surface area (TPSA) is 618 Å². The quantitative estimate of drug-likeness (QED) is 0.0167. The number of carboxylic acids is 3. The van der Waals surface area contributed by atoms with Crippen LogP contribution in [0.15, 0.2) is 29.6 Å². The van der Waals surface area contributed by atoms with Crippen LogP contribution in [0.2, 0.25) is 0 Å². The van der Waals surface area contributed by atoms with Gasteiger partial charge in [-0.1, -0.05) is 47.6 Å². The minimum absolute atomic E-state index is 0.00853. The summed E-state index contributed by atoms with van der Waals surface area (Å²) < 4.78 is 5.09. The van der Waals surface area contributed by atoms with Gasteiger partial charge in [0.1, 0.15) is 78.8 Å². The first-order valence-corrected chi connectivity index (χ1v) is 33.1. The van der Waals surface area contributed by atoms with Crippen molar-refractivity contribution in [3.63, 3.8) is 0 Å². The molecule has 23 N–H and O–H groups in total. The molecule has 96 heavy (non-hydrogen) atoms. The highest BCUT2D eigenvalue weighted by atomic mass is 33.1. The number of aromatic hydroxyl groups is 1. The fourth-order valence-electron chi connectivity index (χ4n) is 8.37. The number of carbonyl (C=O) groups is 12. The number of hydrazine groups is 1. The van der Waals surface area contributed by atoms with Crippen molar-refractivity contribution in [2.45, 2.75) is 164 Å². The van der Waals surface area contributed by atoms with Crippen LogP contribution in [0.5, 0.6) is 5.75 Å². The van der Waals surface area contributed by atoms with E-state index in [0.717, 1.165) is 27.2 Å². The van der Waals surface area contributed by atoms with Gasteiger partial charge in [0, 0.05) is 73.5 Å². The monoisotopic (exact) mass is 1430 g/mol. The number of carbonyl (C=O) groups excluding carboxylic acids is 9. The van der Waals surface area contributed by atoms with E-state index in [2.05, 4.69) is 53.1 Å². The Balaban J connectivity index is 2.26. The van der Waals surface area contributed by atoms with E-state index in [1.54, 1.807) is 31.4 Å². The van der Waals surface area contributed by atoms with Crippen LogP contribution in [-0.2, 0) is 59.1 Å². The molecule has 0 spiro atoms. The summed E-state index contributed by atoms with van der Waals surface area (Å²) in [5.74, 6) is -14.7. The first-order chi connectivity index (χ1) is 45.2. The van der Waals surface area contributed by atoms with E-state index in [4.69, 9.17) is 20.1 Å². The van der Waals surface area contributed by atoms with Crippen LogP contribution in [-0.4, -0.2) is 271 Å². The lowest BCUT2D eigenvalue weighted by atomic mass is 9.95. The molecule has 0 radical (unpaired) electrons. The molecule has 0 saturated heterocycles. The van der Waals surface area contributed by atoms with E-state index in [-0.39, 0.29) is 43.1 Å². The van der Waals surface area contributed by atoms with Crippen LogP contribution in [0.4, 0.5) is 4.79 Å². The third-order valence-corrected chi connectivity index (χ3v) is 17.2. The number of carboxylic acid groups (broad SMARTS) is 3. The molecule has 0 fully saturated rings. The van der Waals surface area contributed by atoms with Crippen LogP contribution in [0.3, 0.4) is 0 Å². The number of aliphatic carboxylic acids is 3. The molecule has 1 aromatic heterocycles. The highest BCUT2D eigenvalue weighted by Crippen LogP contribution is 2.23. The summed E-state index contributed by atoms with van der Waals surface area (Å²) in [6, 6.07) is -1.85. The molecule has 0 aliphatic carbocycles. The Morgan fingerprint density at radius 1 is 0.552 bits per heavy atom. The molecule has 2 aromatic rings. The number of hydrogen-bond acceptors (Lipinski definition) is 28. The van der Waals surface area contributed by atoms with Gasteiger partial charge in [-0.3, -0.25) is 53.4 Å². The number of phenols is 1. The van der Waals surface area contributed by atoms with Gasteiger partial charge in [0.05, 0.1) is 30.4 Å². The summed E-state index contributed by atoms with van der Waals surface area (Å²) in [6.45, 7) is 0.646. The number of nitrogens with zero attached hydrogens (tertiary/aromatic N) is 1. The van der Waals surface area contributed by atoms with Crippen LogP contribution < -0.4 is 48.1 Å². The van der Waals surface area contributed by atoms with Gasteiger partial charge in [-0.05, 0) is 63.1 Å². The molecule has 0 bridgehead atoms. The number of ether oxygens (including phenoxy) is 1. The minimum Gasteiger partial charge on any atom is -0.508 e. The van der Waals surface area contributed by atoms with E-state index >= 15 is 0 Å². The number of amides is 9. The Kier molecular flexibility index (Phi) is 38.9. The molecule has 2 rings (SSSR count). The van der Waals surface area contributed by atoms with Crippen molar-refractivity contribution in [2.75, 3.05) is 44.4 Å². The molecule has 15 atom stereocenters. The summed E-state index contributed by atoms with van der Waals surface area (Å²) in [7, 11) is 1.79. The maximum absolute atomic E-state index is 14.2. The number of hydrogen-bond donors (Lipinski definition) is 23. The molecule has 40 heteroatoms. The lowest BCUT2D eigenvalue weighted by Crippen LogP contribution is -2.58. The molecule has 540 valence electrons. The first-order valence-electron chi connectivity index (χ1n) is 29.7. The van der Waals surface area contributed by atoms with Crippen molar-refractivity contribution in [3.05, 3.63) is 45.9 Å². The number of phenolic OH excluding ortho intramolecular Hbond substituents is 1. The fraction of sp³-hybridized carbons (Fsp3) is 0.625. The molecular formula is C56H86N10O27S3. The third kappa shape index (κ3) is 32.4. The van der Waals surface area contributed by atoms with Gasteiger partial charge in [-0.25, -0.2) is 20.0 Å². The Morgan fingerprint density at radius 3 is 1.47 bits per heavy atom. The highest BCUT2D eigenvalue weighted by molar-refractivity contribution is 8.76. The lowest BCUT2D eigenvalue weighted by Gasteiger charge is -2.27. The molecule has 1 heterocycles. The molecule has 9 amide bonds. The van der Waals surface area contributed by atoms with Gasteiger partial charge in [0.15, 0.2) is 0 Å². The number of thiazole rings is 1. The summed E-state index contributed by atoms with van der Waals surface area (Å²) in [4.78, 5) is 160. The average Bonchev–Trinajstić information content (AvgIpc) is 1.73. The summed E-state index contributed by atoms with van der Waals surface area (Å²) >= 11 is 1.27. The van der Waals surface area contributed by atoms with Crippen molar-refractivity contribution in [3.8, 4) is 5.75 Å². The van der Waals surface area contributed by atoms with Crippen molar-refractivity contribution in [1.29, 1.82) is 0 Å². The van der Waals surface area contributed by atoms with E-state index in [0.29, 0.717) is 5.01 Å². The first kappa shape index (κ1) is 84.5. The molecule has 0 aliphatic rings. The number of benzene rings is 1. The summed E-state index contributed by atoms with van der Waals surface area (Å²) in [5, 5.41) is 155. The Morgan fingerprint density at radius 2 is 1.01 bits per heavy atom. The molecule has 0 unspecified atom stereocenters. The fourth-order valence-corrected chi connectivity index (χ4v) is 10.9. The maximum Gasteiger partial charge on any atom is 0.426 e. The van der Waals surface area contributed by atoms with E-state index in [1.807, 2.05) is 0 Å². The second-order valence-corrected chi connectivity index (χ2v) is 25.6. The van der Waals surface area contributed by atoms with Crippen LogP contribution in [0.1, 0.15) is 92.7 Å². The molecule has 0 aliphatic heterocycles. The highest BCUT2D eigenvalue weighted by Gasteiger charge is 2.36. The normalized spacial score (nSPS) is 16.0. The van der Waals surface area contributed by atoms with E-state index in [9.17, 15) is 114 Å². The van der Waals surface area contributed by atoms with Gasteiger partial charge in [-0.15, -0.1) is 11.3 Å². The Bertz CT molecular complexity index is 2870. The van der Waals surface area contributed by atoms with Crippen LogP contribution in [0.25, 0.3) is 0 Å². The molecule has 37 nitrogen and oxygen atoms in total. The minimum atomic E-state index is -2.12. The number of rotatable bonds is 46. The second kappa shape index (κ2) is 44.3. The third-order valence-electron chi connectivity index (χ3n) is 14.1. The zero-order valence-electron chi connectivity index (χ0n) is 52.3. The van der Waals surface area contributed by atoms with E-state index < -0.39 is 239 Å². The van der Waals surface area contributed by atoms with E-state index in [1.165, 1.54) is 30.4 Å². The summed E-state index contributed by atoms with van der Waals surface area (Å²) in [5.41, 5.74) is 5.26. The van der Waals surface area contributed by atoms with Gasteiger partial charge >= 0.3 is 24.0 Å². The number of aliphatic hydroxyl groups excluding tert-OH is 10. The number of nitrogens with one attached hydrogen (secondary N) is 9. The standard InChI is InChI=1S/C56H86N10O27S3/c1-26(4-14-43(76)77)49(84)61-32(9-12-41(74)57-20-37(70)45(80)47(82)39(72)22-67)51(86)63-34(11-15-44(78)79)52(87)62-33(10-13-42(75)58-21-38(71)46(81)48(83)40(73)23-68)53(88)64-36(55(90)91)25-96-95-17-16-93-56(92)66-65-50(85)27(2)18-30(19-29-5-7-31(69)8-6-29)60-54(89)35-24-94-28(3)59-35/h5-8,24,26-27,30,32-34,36-40,45-48,67-73,80-83H,4,9-23,25H2,1-3H3,(H,57,74)(H,58,75)(H,60,89)(H,61,84)(H,62,87)(H,63,86)(H,64,88)(H,65,85)(H,66,92)(H,76,77)(H,78,79)(H,90,91)/t26-,27+,30-,32+,33+,34-,36-,37+,38+,39-,40-,45-,46-,47-,48-/m1/s1. The smallest absolute Gasteiger partial charge is 0.426 e. The van der Waals surface area contributed by atoms with Gasteiger partial charge < -0.3 is 113 Å². The molecular weight excluding hydrogens is 1340 g/mol. The predicted octanol–water partition coefficient (Wildman–Crippen LogP) is -6.28.